The van der Waals surface area contributed by atoms with Gasteiger partial charge in [0.15, 0.2) is 5.82 Å². The van der Waals surface area contributed by atoms with E-state index in [9.17, 15) is 0 Å². The SMILES string of the molecule is COc1cc(N)ccc1-c1nc(CC(C)OC)no1. The number of aromatic nitrogens is 2. The lowest BCUT2D eigenvalue weighted by Gasteiger charge is -2.05. The van der Waals surface area contributed by atoms with Gasteiger partial charge in [-0.25, -0.2) is 0 Å². The Morgan fingerprint density at radius 3 is 2.84 bits per heavy atom. The molecule has 0 radical (unpaired) electrons. The average Bonchev–Trinajstić information content (AvgIpc) is 2.86. The molecule has 0 aliphatic rings. The van der Waals surface area contributed by atoms with Crippen LogP contribution in [0.15, 0.2) is 22.7 Å². The van der Waals surface area contributed by atoms with Gasteiger partial charge < -0.3 is 19.7 Å². The minimum absolute atomic E-state index is 0.0405. The lowest BCUT2D eigenvalue weighted by atomic mass is 10.2. The monoisotopic (exact) mass is 263 g/mol. The van der Waals surface area contributed by atoms with Gasteiger partial charge in [-0.05, 0) is 19.1 Å². The fourth-order valence-corrected chi connectivity index (χ4v) is 1.67. The molecular formula is C13H17N3O3. The summed E-state index contributed by atoms with van der Waals surface area (Å²) in [6.07, 6.45) is 0.635. The summed E-state index contributed by atoms with van der Waals surface area (Å²) < 4.78 is 15.7. The molecule has 0 saturated heterocycles. The van der Waals surface area contributed by atoms with Crippen LogP contribution in [0, 0.1) is 0 Å². The summed E-state index contributed by atoms with van der Waals surface area (Å²) in [5.74, 6) is 1.62. The lowest BCUT2D eigenvalue weighted by molar-refractivity contribution is 0.116. The van der Waals surface area contributed by atoms with E-state index in [0.29, 0.717) is 29.6 Å². The zero-order valence-electron chi connectivity index (χ0n) is 11.2. The van der Waals surface area contributed by atoms with Crippen LogP contribution in [0.1, 0.15) is 12.7 Å². The molecular weight excluding hydrogens is 246 g/mol. The first-order valence-corrected chi connectivity index (χ1v) is 5.93. The third-order valence-corrected chi connectivity index (χ3v) is 2.80. The van der Waals surface area contributed by atoms with Crippen LogP contribution >= 0.6 is 0 Å². The summed E-state index contributed by atoms with van der Waals surface area (Å²) in [5.41, 5.74) is 7.05. The molecule has 2 rings (SSSR count). The van der Waals surface area contributed by atoms with Crippen molar-refractivity contribution in [3.63, 3.8) is 0 Å². The van der Waals surface area contributed by atoms with Crippen LogP contribution in [-0.2, 0) is 11.2 Å². The molecule has 1 unspecified atom stereocenters. The molecule has 0 saturated carbocycles. The molecule has 0 fully saturated rings. The molecule has 6 nitrogen and oxygen atoms in total. The molecule has 0 aliphatic heterocycles. The van der Waals surface area contributed by atoms with Crippen LogP contribution in [0.4, 0.5) is 5.69 Å². The summed E-state index contributed by atoms with van der Waals surface area (Å²) in [6.45, 7) is 1.94. The van der Waals surface area contributed by atoms with Crippen molar-refractivity contribution >= 4 is 5.69 Å². The number of nitrogens with zero attached hydrogens (tertiary/aromatic N) is 2. The third kappa shape index (κ3) is 3.03. The van der Waals surface area contributed by atoms with Gasteiger partial charge in [0.2, 0.25) is 0 Å². The zero-order valence-corrected chi connectivity index (χ0v) is 11.2. The van der Waals surface area contributed by atoms with E-state index in [-0.39, 0.29) is 6.10 Å². The lowest BCUT2D eigenvalue weighted by Crippen LogP contribution is -2.09. The molecule has 2 N–H and O–H groups in total. The fourth-order valence-electron chi connectivity index (χ4n) is 1.67. The number of methoxy groups -OCH3 is 2. The van der Waals surface area contributed by atoms with Crippen LogP contribution in [0.2, 0.25) is 0 Å². The van der Waals surface area contributed by atoms with Crippen LogP contribution in [-0.4, -0.2) is 30.5 Å². The minimum atomic E-state index is 0.0405. The molecule has 0 aliphatic carbocycles. The van der Waals surface area contributed by atoms with Crippen LogP contribution in [0.3, 0.4) is 0 Å². The number of nitrogen functional groups attached to an aromatic ring is 1. The highest BCUT2D eigenvalue weighted by Crippen LogP contribution is 2.30. The Bertz CT molecular complexity index is 554. The second kappa shape index (κ2) is 5.71. The second-order valence-corrected chi connectivity index (χ2v) is 4.23. The topological polar surface area (TPSA) is 83.4 Å². The Labute approximate surface area is 111 Å². The van der Waals surface area contributed by atoms with E-state index >= 15 is 0 Å². The van der Waals surface area contributed by atoms with Gasteiger partial charge in [0, 0.05) is 25.3 Å². The number of rotatable bonds is 5. The van der Waals surface area contributed by atoms with E-state index in [4.69, 9.17) is 19.7 Å². The molecule has 0 amide bonds. The Kier molecular flexibility index (Phi) is 4.01. The highest BCUT2D eigenvalue weighted by atomic mass is 16.5. The van der Waals surface area contributed by atoms with Gasteiger partial charge in [0.25, 0.3) is 5.89 Å². The van der Waals surface area contributed by atoms with Crippen molar-refractivity contribution in [1.29, 1.82) is 0 Å². The number of hydrogen-bond acceptors (Lipinski definition) is 6. The van der Waals surface area contributed by atoms with Gasteiger partial charge in [-0.15, -0.1) is 0 Å². The van der Waals surface area contributed by atoms with Gasteiger partial charge >= 0.3 is 0 Å². The molecule has 1 aromatic carbocycles. The molecule has 6 heteroatoms. The van der Waals surface area contributed by atoms with Crippen molar-refractivity contribution < 1.29 is 14.0 Å². The number of hydrogen-bond donors (Lipinski definition) is 1. The van der Waals surface area contributed by atoms with Crippen molar-refractivity contribution in [2.45, 2.75) is 19.4 Å². The molecule has 0 spiro atoms. The molecule has 0 bridgehead atoms. The predicted molar refractivity (Wildman–Crippen MR) is 70.9 cm³/mol. The molecule has 19 heavy (non-hydrogen) atoms. The van der Waals surface area contributed by atoms with Crippen molar-refractivity contribution in [2.24, 2.45) is 0 Å². The zero-order chi connectivity index (χ0) is 13.8. The number of nitrogens with two attached hydrogens (primary N) is 1. The molecule has 1 heterocycles. The molecule has 2 aromatic rings. The number of ether oxygens (including phenoxy) is 2. The fraction of sp³-hybridized carbons (Fsp3) is 0.385. The number of benzene rings is 1. The van der Waals surface area contributed by atoms with E-state index in [1.54, 1.807) is 32.4 Å². The van der Waals surface area contributed by atoms with E-state index in [1.165, 1.54) is 0 Å². The van der Waals surface area contributed by atoms with E-state index in [1.807, 2.05) is 6.92 Å². The van der Waals surface area contributed by atoms with E-state index in [0.717, 1.165) is 5.56 Å². The maximum Gasteiger partial charge on any atom is 0.261 e. The highest BCUT2D eigenvalue weighted by Gasteiger charge is 2.15. The Balaban J connectivity index is 2.27. The Morgan fingerprint density at radius 1 is 1.37 bits per heavy atom. The largest absolute Gasteiger partial charge is 0.496 e. The standard InChI is InChI=1S/C13H17N3O3/c1-8(17-2)6-12-15-13(19-16-12)10-5-4-9(14)7-11(10)18-3/h4-5,7-8H,6,14H2,1-3H3. The van der Waals surface area contributed by atoms with Gasteiger partial charge in [-0.2, -0.15) is 4.98 Å². The molecule has 102 valence electrons. The van der Waals surface area contributed by atoms with Gasteiger partial charge in [0.1, 0.15) is 5.75 Å². The van der Waals surface area contributed by atoms with E-state index in [2.05, 4.69) is 10.1 Å². The summed E-state index contributed by atoms with van der Waals surface area (Å²) in [5, 5.41) is 3.93. The van der Waals surface area contributed by atoms with Crippen molar-refractivity contribution in [1.82, 2.24) is 10.1 Å². The van der Waals surface area contributed by atoms with Crippen molar-refractivity contribution in [2.75, 3.05) is 20.0 Å². The van der Waals surface area contributed by atoms with Crippen molar-refractivity contribution in [3.05, 3.63) is 24.0 Å². The third-order valence-electron chi connectivity index (χ3n) is 2.80. The average molecular weight is 263 g/mol. The first kappa shape index (κ1) is 13.4. The normalized spacial score (nSPS) is 12.4. The van der Waals surface area contributed by atoms with Crippen LogP contribution < -0.4 is 10.5 Å². The van der Waals surface area contributed by atoms with Crippen LogP contribution in [0.25, 0.3) is 11.5 Å². The van der Waals surface area contributed by atoms with Gasteiger partial charge in [0.05, 0.1) is 18.8 Å². The highest BCUT2D eigenvalue weighted by molar-refractivity contribution is 5.66. The van der Waals surface area contributed by atoms with Crippen LogP contribution in [0.5, 0.6) is 5.75 Å². The first-order valence-electron chi connectivity index (χ1n) is 5.93. The first-order chi connectivity index (χ1) is 9.13. The molecule has 1 atom stereocenters. The predicted octanol–water partition coefficient (Wildman–Crippen LogP) is 1.90. The van der Waals surface area contributed by atoms with Gasteiger partial charge in [-0.3, -0.25) is 0 Å². The smallest absolute Gasteiger partial charge is 0.261 e. The molecule has 1 aromatic heterocycles. The van der Waals surface area contributed by atoms with E-state index < -0.39 is 0 Å². The van der Waals surface area contributed by atoms with Gasteiger partial charge in [-0.1, -0.05) is 5.16 Å². The second-order valence-electron chi connectivity index (χ2n) is 4.23. The Hall–Kier alpha value is -2.08. The maximum absolute atomic E-state index is 5.71. The maximum atomic E-state index is 5.71. The number of anilines is 1. The summed E-state index contributed by atoms with van der Waals surface area (Å²) in [6, 6.07) is 5.28. The quantitative estimate of drug-likeness (QED) is 0.829. The Morgan fingerprint density at radius 2 is 2.16 bits per heavy atom. The summed E-state index contributed by atoms with van der Waals surface area (Å²) in [4.78, 5) is 4.33. The summed E-state index contributed by atoms with van der Waals surface area (Å²) >= 11 is 0. The van der Waals surface area contributed by atoms with Crippen molar-refractivity contribution in [3.8, 4) is 17.2 Å². The summed E-state index contributed by atoms with van der Waals surface area (Å²) in [7, 11) is 3.22. The minimum Gasteiger partial charge on any atom is -0.496 e.